The van der Waals surface area contributed by atoms with Crippen LogP contribution >= 0.6 is 0 Å². The predicted octanol–water partition coefficient (Wildman–Crippen LogP) is 5.25. The van der Waals surface area contributed by atoms with Crippen LogP contribution < -0.4 is 9.47 Å². The highest BCUT2D eigenvalue weighted by atomic mass is 32.2. The number of Topliss-reactive ketones (excluding diaryl/α,β-unsaturated/α-hetero) is 1. The summed E-state index contributed by atoms with van der Waals surface area (Å²) in [6, 6.07) is 22.0. The summed E-state index contributed by atoms with van der Waals surface area (Å²) in [7, 11) is -1.15. The Labute approximate surface area is 221 Å². The highest BCUT2D eigenvalue weighted by Crippen LogP contribution is 2.51. The Morgan fingerprint density at radius 2 is 1.59 bits per heavy atom. The minimum absolute atomic E-state index is 0. The van der Waals surface area contributed by atoms with Crippen molar-refractivity contribution in [1.82, 2.24) is 4.31 Å². The Bertz CT molecular complexity index is 1260. The molecule has 1 unspecified atom stereocenters. The smallest absolute Gasteiger partial charge is 0.231 e. The maximum absolute atomic E-state index is 13.4. The van der Waals surface area contributed by atoms with E-state index in [-0.39, 0.29) is 18.1 Å². The summed E-state index contributed by atoms with van der Waals surface area (Å²) in [4.78, 5) is 14.2. The van der Waals surface area contributed by atoms with Crippen molar-refractivity contribution in [2.45, 2.75) is 56.3 Å². The van der Waals surface area contributed by atoms with Gasteiger partial charge in [0.05, 0.1) is 10.3 Å². The molecular weight excluding hydrogens is 486 g/mol. The predicted molar refractivity (Wildman–Crippen MR) is 146 cm³/mol. The number of rotatable bonds is 11. The van der Waals surface area contributed by atoms with Crippen LogP contribution in [0.3, 0.4) is 0 Å². The van der Waals surface area contributed by atoms with Crippen molar-refractivity contribution in [2.24, 2.45) is 0 Å². The molecule has 37 heavy (non-hydrogen) atoms. The van der Waals surface area contributed by atoms with Crippen LogP contribution in [-0.4, -0.2) is 39.7 Å². The average Bonchev–Trinajstić information content (AvgIpc) is 3.59. The number of benzene rings is 3. The van der Waals surface area contributed by atoms with E-state index in [1.807, 2.05) is 58.9 Å². The molecule has 1 atom stereocenters. The fraction of sp³-hybridized carbons (Fsp3) is 0.367. The van der Waals surface area contributed by atoms with Gasteiger partial charge in [-0.15, -0.1) is 0 Å². The maximum Gasteiger partial charge on any atom is 0.231 e. The largest absolute Gasteiger partial charge is 0.454 e. The van der Waals surface area contributed by atoms with Gasteiger partial charge in [0.1, 0.15) is 16.8 Å². The van der Waals surface area contributed by atoms with Gasteiger partial charge in [0, 0.05) is 19.5 Å². The van der Waals surface area contributed by atoms with Crippen LogP contribution in [0.25, 0.3) is 11.1 Å². The van der Waals surface area contributed by atoms with Crippen molar-refractivity contribution in [3.63, 3.8) is 0 Å². The molecule has 2 aliphatic rings. The summed E-state index contributed by atoms with van der Waals surface area (Å²) in [6.45, 7) is 6.11. The van der Waals surface area contributed by atoms with E-state index in [4.69, 9.17) is 9.47 Å². The summed E-state index contributed by atoms with van der Waals surface area (Å²) >= 11 is 0. The van der Waals surface area contributed by atoms with Crippen LogP contribution in [0, 0.1) is 0 Å². The molecule has 0 amide bonds. The van der Waals surface area contributed by atoms with Crippen molar-refractivity contribution in [1.29, 1.82) is 0 Å². The van der Waals surface area contributed by atoms with Gasteiger partial charge in [-0.05, 0) is 72.2 Å². The number of hydrogen-bond acceptors (Lipinski definition) is 4. The first kappa shape index (κ1) is 27.0. The van der Waals surface area contributed by atoms with Gasteiger partial charge in [0.15, 0.2) is 11.5 Å². The standard InChI is InChI=1S/C30H33NO4S.H2O/c1-3-16-31(17-4-2)36(33)26-11-8-23(9-12-26)24-7-5-6-22(18-24)19-29(32)30(14-15-30)25-10-13-27-28(20-25)35-21-34-27;/h5-13,18,20H,3-4,14-17,19,21H2,1-2H3;1H2. The number of ketones is 1. The number of carbonyl (C=O) groups is 1. The Morgan fingerprint density at radius 3 is 2.27 bits per heavy atom. The Kier molecular flexibility index (Phi) is 8.47. The van der Waals surface area contributed by atoms with Gasteiger partial charge < -0.3 is 14.9 Å². The topological polar surface area (TPSA) is 87.3 Å². The maximum atomic E-state index is 13.4. The lowest BCUT2D eigenvalue weighted by Crippen LogP contribution is -2.27. The fourth-order valence-electron chi connectivity index (χ4n) is 4.95. The number of ether oxygens (including phenoxy) is 2. The van der Waals surface area contributed by atoms with E-state index < -0.39 is 16.4 Å². The molecule has 1 aliphatic heterocycles. The van der Waals surface area contributed by atoms with Crippen molar-refractivity contribution in [3.05, 3.63) is 77.9 Å². The first-order valence-corrected chi connectivity index (χ1v) is 13.9. The molecule has 3 aromatic carbocycles. The van der Waals surface area contributed by atoms with E-state index in [0.29, 0.717) is 6.42 Å². The monoisotopic (exact) mass is 521 g/mol. The quantitative estimate of drug-likeness (QED) is 0.345. The van der Waals surface area contributed by atoms with Crippen LogP contribution in [0.15, 0.2) is 71.6 Å². The first-order valence-electron chi connectivity index (χ1n) is 12.8. The second-order valence-corrected chi connectivity index (χ2v) is 11.1. The molecule has 196 valence electrons. The van der Waals surface area contributed by atoms with Crippen LogP contribution in [0.5, 0.6) is 11.5 Å². The van der Waals surface area contributed by atoms with Crippen LogP contribution in [-0.2, 0) is 27.6 Å². The van der Waals surface area contributed by atoms with Crippen molar-refractivity contribution < 1.29 is 24.0 Å². The lowest BCUT2D eigenvalue weighted by Gasteiger charge is -2.19. The lowest BCUT2D eigenvalue weighted by molar-refractivity contribution is -0.120. The number of fused-ring (bicyclic) bond motifs is 1. The third-order valence-corrected chi connectivity index (χ3v) is 8.58. The summed E-state index contributed by atoms with van der Waals surface area (Å²) in [5, 5.41) is 0. The number of nitrogens with zero attached hydrogens (tertiary/aromatic N) is 1. The van der Waals surface area contributed by atoms with E-state index >= 15 is 0 Å². The zero-order chi connectivity index (χ0) is 25.1. The highest BCUT2D eigenvalue weighted by molar-refractivity contribution is 7.82. The van der Waals surface area contributed by atoms with Gasteiger partial charge >= 0.3 is 0 Å². The molecule has 0 aromatic heterocycles. The van der Waals surface area contributed by atoms with Crippen molar-refractivity contribution in [2.75, 3.05) is 19.9 Å². The molecule has 0 saturated heterocycles. The summed E-state index contributed by atoms with van der Waals surface area (Å²) in [6.07, 6.45) is 4.09. The molecule has 1 aliphatic carbocycles. The van der Waals surface area contributed by atoms with Gasteiger partial charge in [-0.1, -0.05) is 56.3 Å². The van der Waals surface area contributed by atoms with Crippen molar-refractivity contribution in [3.8, 4) is 22.6 Å². The molecule has 1 heterocycles. The van der Waals surface area contributed by atoms with Crippen LogP contribution in [0.2, 0.25) is 0 Å². The Morgan fingerprint density at radius 1 is 0.892 bits per heavy atom. The van der Waals surface area contributed by atoms with Gasteiger partial charge in [0.25, 0.3) is 0 Å². The minimum atomic E-state index is -1.15. The Balaban J connectivity index is 0.00000320. The first-order chi connectivity index (χ1) is 17.5. The van der Waals surface area contributed by atoms with Gasteiger partial charge in [-0.2, -0.15) is 0 Å². The zero-order valence-electron chi connectivity index (χ0n) is 21.5. The normalized spacial score (nSPS) is 15.8. The molecule has 0 bridgehead atoms. The summed E-state index contributed by atoms with van der Waals surface area (Å²) in [5.41, 5.74) is 3.74. The van der Waals surface area contributed by atoms with E-state index in [2.05, 4.69) is 26.0 Å². The molecule has 1 fully saturated rings. The third kappa shape index (κ3) is 5.64. The molecule has 5 rings (SSSR count). The minimum Gasteiger partial charge on any atom is -0.454 e. The lowest BCUT2D eigenvalue weighted by atomic mass is 9.87. The Hall–Kier alpha value is -3.00. The molecule has 7 heteroatoms. The molecule has 0 radical (unpaired) electrons. The average molecular weight is 522 g/mol. The highest BCUT2D eigenvalue weighted by Gasteiger charge is 2.50. The fourth-order valence-corrected chi connectivity index (χ4v) is 6.32. The second kappa shape index (κ2) is 11.6. The summed E-state index contributed by atoms with van der Waals surface area (Å²) in [5.74, 6) is 1.72. The van der Waals surface area contributed by atoms with E-state index in [9.17, 15) is 9.00 Å². The molecule has 3 aromatic rings. The SMILES string of the molecule is CCCN(CCC)S(=O)c1ccc(-c2cccc(CC(=O)C3(c4ccc5c(c4)OCO5)CC3)c2)cc1.O. The number of carbonyl (C=O) groups excluding carboxylic acids is 1. The molecule has 0 spiro atoms. The summed E-state index contributed by atoms with van der Waals surface area (Å²) < 4.78 is 26.0. The van der Waals surface area contributed by atoms with Crippen LogP contribution in [0.4, 0.5) is 0 Å². The second-order valence-electron chi connectivity index (χ2n) is 9.65. The molecule has 1 saturated carbocycles. The molecule has 6 nitrogen and oxygen atoms in total. The van der Waals surface area contributed by atoms with Crippen molar-refractivity contribution >= 4 is 16.8 Å². The van der Waals surface area contributed by atoms with E-state index in [1.165, 1.54) is 0 Å². The molecular formula is C30H35NO5S. The van der Waals surface area contributed by atoms with Gasteiger partial charge in [-0.25, -0.2) is 8.51 Å². The van der Waals surface area contributed by atoms with Gasteiger partial charge in [-0.3, -0.25) is 4.79 Å². The number of hydrogen-bond donors (Lipinski definition) is 0. The van der Waals surface area contributed by atoms with Gasteiger partial charge in [0.2, 0.25) is 6.79 Å². The molecule has 2 N–H and O–H groups in total. The van der Waals surface area contributed by atoms with Crippen LogP contribution in [0.1, 0.15) is 50.7 Å². The third-order valence-electron chi connectivity index (χ3n) is 7.07. The zero-order valence-corrected chi connectivity index (χ0v) is 22.3. The van der Waals surface area contributed by atoms with E-state index in [1.54, 1.807) is 0 Å². The van der Waals surface area contributed by atoms with E-state index in [0.717, 1.165) is 77.4 Å².